The molecule has 0 aliphatic heterocycles. The summed E-state index contributed by atoms with van der Waals surface area (Å²) in [6, 6.07) is 23.3. The first kappa shape index (κ1) is 21.7. The molecule has 0 spiro atoms. The Bertz CT molecular complexity index is 1670. The van der Waals surface area contributed by atoms with Gasteiger partial charge in [-0.2, -0.15) is 0 Å². The van der Waals surface area contributed by atoms with E-state index in [1.807, 2.05) is 48.5 Å². The number of fused-ring (bicyclic) bond motifs is 2. The second kappa shape index (κ2) is 8.43. The van der Waals surface area contributed by atoms with Crippen LogP contribution in [0.1, 0.15) is 0 Å². The highest BCUT2D eigenvalue weighted by Crippen LogP contribution is 2.50. The number of benzene rings is 4. The Labute approximate surface area is 204 Å². The molecule has 0 radical (unpaired) electrons. The normalized spacial score (nSPS) is 11.3. The van der Waals surface area contributed by atoms with Crippen LogP contribution in [0.5, 0.6) is 11.5 Å². The maximum atomic E-state index is 14.1. The molecule has 0 saturated heterocycles. The Morgan fingerprint density at radius 1 is 0.528 bits per heavy atom. The van der Waals surface area contributed by atoms with Crippen molar-refractivity contribution in [1.82, 2.24) is 9.97 Å². The molecule has 6 heteroatoms. The Hall–Kier alpha value is -4.84. The number of phenols is 2. The zero-order valence-electron chi connectivity index (χ0n) is 18.8. The number of phenolic OH excluding ortho intramolecular Hbond substituents is 2. The first-order chi connectivity index (χ1) is 17.5. The zero-order chi connectivity index (χ0) is 24.8. The minimum absolute atomic E-state index is 0.156. The van der Waals surface area contributed by atoms with Gasteiger partial charge >= 0.3 is 0 Å². The molecule has 0 atom stereocenters. The van der Waals surface area contributed by atoms with Crippen LogP contribution in [0.2, 0.25) is 0 Å². The minimum atomic E-state index is -0.485. The molecule has 2 aromatic heterocycles. The average molecular weight is 476 g/mol. The molecular weight excluding hydrogens is 458 g/mol. The summed E-state index contributed by atoms with van der Waals surface area (Å²) in [5, 5.41) is 26.1. The molecule has 4 nitrogen and oxygen atoms in total. The quantitative estimate of drug-likeness (QED) is 0.278. The average Bonchev–Trinajstić information content (AvgIpc) is 2.89. The van der Waals surface area contributed by atoms with Crippen molar-refractivity contribution in [2.45, 2.75) is 0 Å². The van der Waals surface area contributed by atoms with Crippen LogP contribution in [-0.4, -0.2) is 20.2 Å². The zero-order valence-corrected chi connectivity index (χ0v) is 18.8. The fourth-order valence-electron chi connectivity index (χ4n) is 4.67. The van der Waals surface area contributed by atoms with Gasteiger partial charge in [0, 0.05) is 46.8 Å². The number of halogens is 2. The van der Waals surface area contributed by atoms with Gasteiger partial charge in [0.15, 0.2) is 0 Å². The van der Waals surface area contributed by atoms with Gasteiger partial charge in [-0.3, -0.25) is 9.97 Å². The van der Waals surface area contributed by atoms with E-state index in [0.717, 1.165) is 10.8 Å². The van der Waals surface area contributed by atoms with Crippen LogP contribution in [0, 0.1) is 11.6 Å². The van der Waals surface area contributed by atoms with Crippen LogP contribution in [0.15, 0.2) is 97.3 Å². The van der Waals surface area contributed by atoms with Crippen LogP contribution in [0.3, 0.4) is 0 Å². The highest BCUT2D eigenvalue weighted by molar-refractivity contribution is 6.13. The predicted molar refractivity (Wildman–Crippen MR) is 137 cm³/mol. The first-order valence-electron chi connectivity index (χ1n) is 11.2. The molecule has 0 fully saturated rings. The Morgan fingerprint density at radius 2 is 0.944 bits per heavy atom. The van der Waals surface area contributed by atoms with Gasteiger partial charge in [-0.05, 0) is 45.8 Å². The van der Waals surface area contributed by atoms with E-state index in [0.29, 0.717) is 33.0 Å². The number of hydrogen-bond acceptors (Lipinski definition) is 4. The van der Waals surface area contributed by atoms with E-state index in [1.54, 1.807) is 12.1 Å². The third-order valence-corrected chi connectivity index (χ3v) is 6.29. The van der Waals surface area contributed by atoms with Crippen LogP contribution in [-0.2, 0) is 0 Å². The Kier molecular flexibility index (Phi) is 5.08. The van der Waals surface area contributed by atoms with Crippen molar-refractivity contribution in [3.05, 3.63) is 109 Å². The SMILES string of the molecule is Oc1c(-c2cc(F)ccn2)cc2ccccc2c1-c1c(O)c(-c2cc(F)ccn2)cc2ccccc12. The van der Waals surface area contributed by atoms with Crippen molar-refractivity contribution in [2.75, 3.05) is 0 Å². The smallest absolute Gasteiger partial charge is 0.133 e. The van der Waals surface area contributed by atoms with Crippen molar-refractivity contribution in [3.63, 3.8) is 0 Å². The minimum Gasteiger partial charge on any atom is -0.507 e. The molecule has 4 aromatic carbocycles. The molecule has 0 saturated carbocycles. The number of pyridine rings is 2. The molecule has 0 unspecified atom stereocenters. The topological polar surface area (TPSA) is 66.2 Å². The van der Waals surface area contributed by atoms with Crippen LogP contribution >= 0.6 is 0 Å². The molecule has 0 aliphatic carbocycles. The summed E-state index contributed by atoms with van der Waals surface area (Å²) in [5.41, 5.74) is 1.88. The van der Waals surface area contributed by atoms with Crippen molar-refractivity contribution in [3.8, 4) is 45.1 Å². The number of aromatic hydroxyl groups is 2. The molecule has 0 bridgehead atoms. The number of hydrogen-bond donors (Lipinski definition) is 2. The third-order valence-electron chi connectivity index (χ3n) is 6.29. The van der Waals surface area contributed by atoms with Crippen molar-refractivity contribution in [1.29, 1.82) is 0 Å². The fraction of sp³-hybridized carbons (Fsp3) is 0. The van der Waals surface area contributed by atoms with E-state index >= 15 is 0 Å². The van der Waals surface area contributed by atoms with Gasteiger partial charge in [0.2, 0.25) is 0 Å². The molecule has 2 N–H and O–H groups in total. The van der Waals surface area contributed by atoms with E-state index in [4.69, 9.17) is 0 Å². The van der Waals surface area contributed by atoms with E-state index in [1.165, 1.54) is 36.7 Å². The lowest BCUT2D eigenvalue weighted by Crippen LogP contribution is -1.94. The molecule has 0 amide bonds. The highest BCUT2D eigenvalue weighted by atomic mass is 19.1. The van der Waals surface area contributed by atoms with Gasteiger partial charge in [-0.15, -0.1) is 0 Å². The molecule has 0 aliphatic rings. The summed E-state index contributed by atoms with van der Waals surface area (Å²) in [5.74, 6) is -1.28. The fourth-order valence-corrected chi connectivity index (χ4v) is 4.67. The monoisotopic (exact) mass is 476 g/mol. The van der Waals surface area contributed by atoms with E-state index in [2.05, 4.69) is 9.97 Å². The van der Waals surface area contributed by atoms with Gasteiger partial charge in [-0.25, -0.2) is 8.78 Å². The second-order valence-corrected chi connectivity index (χ2v) is 8.46. The summed E-state index contributed by atoms with van der Waals surface area (Å²) in [4.78, 5) is 8.52. The summed E-state index contributed by atoms with van der Waals surface area (Å²) in [6.07, 6.45) is 2.67. The van der Waals surface area contributed by atoms with Crippen molar-refractivity contribution >= 4 is 21.5 Å². The standard InChI is InChI=1S/C30H18F2N2O2/c31-19-9-11-33-25(15-19)23-13-17-5-1-3-7-21(17)27(29(23)35)28-22-8-4-2-6-18(22)14-24(30(28)36)26-16-20(32)10-12-34-26/h1-16,35-36H. The highest BCUT2D eigenvalue weighted by Gasteiger charge is 2.24. The summed E-state index contributed by atoms with van der Waals surface area (Å²) >= 11 is 0. The largest absolute Gasteiger partial charge is 0.507 e. The van der Waals surface area contributed by atoms with Crippen molar-refractivity contribution < 1.29 is 19.0 Å². The molecule has 6 aromatic rings. The van der Waals surface area contributed by atoms with E-state index in [9.17, 15) is 19.0 Å². The lowest BCUT2D eigenvalue weighted by Gasteiger charge is -2.19. The maximum absolute atomic E-state index is 14.1. The van der Waals surface area contributed by atoms with Gasteiger partial charge in [0.05, 0.1) is 11.4 Å². The van der Waals surface area contributed by atoms with Gasteiger partial charge in [0.25, 0.3) is 0 Å². The second-order valence-electron chi connectivity index (χ2n) is 8.46. The first-order valence-corrected chi connectivity index (χ1v) is 11.2. The lowest BCUT2D eigenvalue weighted by atomic mass is 9.87. The molecule has 6 rings (SSSR count). The summed E-state index contributed by atoms with van der Waals surface area (Å²) in [6.45, 7) is 0. The molecular formula is C30H18F2N2O2. The lowest BCUT2D eigenvalue weighted by molar-refractivity contribution is 0.472. The van der Waals surface area contributed by atoms with Gasteiger partial charge in [0.1, 0.15) is 23.1 Å². The van der Waals surface area contributed by atoms with E-state index in [-0.39, 0.29) is 22.9 Å². The third kappa shape index (κ3) is 3.51. The number of aromatic nitrogens is 2. The van der Waals surface area contributed by atoms with Crippen LogP contribution in [0.4, 0.5) is 8.78 Å². The van der Waals surface area contributed by atoms with Crippen LogP contribution < -0.4 is 0 Å². The summed E-state index contributed by atoms with van der Waals surface area (Å²) < 4.78 is 28.1. The maximum Gasteiger partial charge on any atom is 0.133 e. The van der Waals surface area contributed by atoms with Crippen LogP contribution in [0.25, 0.3) is 55.2 Å². The Balaban J connectivity index is 1.77. The molecule has 174 valence electrons. The van der Waals surface area contributed by atoms with Gasteiger partial charge < -0.3 is 10.2 Å². The predicted octanol–water partition coefficient (Wildman–Crippen LogP) is 7.47. The van der Waals surface area contributed by atoms with Crippen molar-refractivity contribution in [2.24, 2.45) is 0 Å². The molecule has 2 heterocycles. The summed E-state index contributed by atoms with van der Waals surface area (Å²) in [7, 11) is 0. The molecule has 36 heavy (non-hydrogen) atoms. The Morgan fingerprint density at radius 3 is 1.36 bits per heavy atom. The van der Waals surface area contributed by atoms with Gasteiger partial charge in [-0.1, -0.05) is 48.5 Å². The van der Waals surface area contributed by atoms with E-state index < -0.39 is 11.6 Å². The number of nitrogens with zero attached hydrogens (tertiary/aromatic N) is 2. The number of rotatable bonds is 3.